The van der Waals surface area contributed by atoms with Gasteiger partial charge < -0.3 is 5.73 Å². The zero-order chi connectivity index (χ0) is 14.2. The van der Waals surface area contributed by atoms with E-state index in [0.717, 1.165) is 11.1 Å². The van der Waals surface area contributed by atoms with Crippen molar-refractivity contribution in [2.45, 2.75) is 19.9 Å². The summed E-state index contributed by atoms with van der Waals surface area (Å²) < 4.78 is 13.9. The van der Waals surface area contributed by atoms with Crippen LogP contribution < -0.4 is 5.73 Å². The van der Waals surface area contributed by atoms with Crippen molar-refractivity contribution < 1.29 is 4.39 Å². The summed E-state index contributed by atoms with van der Waals surface area (Å²) >= 11 is 11.9. The first-order chi connectivity index (χ1) is 8.90. The highest BCUT2D eigenvalue weighted by atomic mass is 35.5. The Morgan fingerprint density at radius 3 is 2.26 bits per heavy atom. The minimum Gasteiger partial charge on any atom is -0.320 e. The highest BCUT2D eigenvalue weighted by molar-refractivity contribution is 6.31. The first kappa shape index (κ1) is 14.3. The number of hydrogen-bond acceptors (Lipinski definition) is 1. The molecule has 0 saturated heterocycles. The number of hydrogen-bond donors (Lipinski definition) is 1. The fourth-order valence-electron chi connectivity index (χ4n) is 1.96. The molecule has 0 radical (unpaired) electrons. The van der Waals surface area contributed by atoms with Crippen LogP contribution in [0.2, 0.25) is 10.0 Å². The van der Waals surface area contributed by atoms with Crippen molar-refractivity contribution in [2.75, 3.05) is 0 Å². The van der Waals surface area contributed by atoms with Crippen molar-refractivity contribution in [1.29, 1.82) is 0 Å². The molecule has 2 aromatic rings. The van der Waals surface area contributed by atoms with Crippen molar-refractivity contribution in [2.24, 2.45) is 5.73 Å². The van der Waals surface area contributed by atoms with E-state index < -0.39 is 11.9 Å². The van der Waals surface area contributed by atoms with Gasteiger partial charge in [0.25, 0.3) is 0 Å². The van der Waals surface area contributed by atoms with Crippen LogP contribution in [-0.4, -0.2) is 0 Å². The highest BCUT2D eigenvalue weighted by Crippen LogP contribution is 2.31. The molecule has 2 N–H and O–H groups in total. The molecule has 1 nitrogen and oxygen atoms in total. The average Bonchev–Trinajstić information content (AvgIpc) is 2.33. The van der Waals surface area contributed by atoms with Crippen molar-refractivity contribution in [3.05, 3.63) is 68.4 Å². The molecule has 100 valence electrons. The fraction of sp³-hybridized carbons (Fsp3) is 0.200. The van der Waals surface area contributed by atoms with E-state index in [-0.39, 0.29) is 0 Å². The predicted molar refractivity (Wildman–Crippen MR) is 78.4 cm³/mol. The average molecular weight is 298 g/mol. The van der Waals surface area contributed by atoms with Gasteiger partial charge in [-0.05, 0) is 48.7 Å². The van der Waals surface area contributed by atoms with Gasteiger partial charge in [-0.25, -0.2) is 4.39 Å². The van der Waals surface area contributed by atoms with E-state index in [0.29, 0.717) is 21.2 Å². The molecule has 1 unspecified atom stereocenters. The van der Waals surface area contributed by atoms with Crippen molar-refractivity contribution >= 4 is 23.2 Å². The Morgan fingerprint density at radius 2 is 1.63 bits per heavy atom. The molecule has 0 aliphatic carbocycles. The molecule has 0 amide bonds. The van der Waals surface area contributed by atoms with Crippen LogP contribution in [0, 0.1) is 19.7 Å². The summed E-state index contributed by atoms with van der Waals surface area (Å²) in [5.74, 6) is -0.422. The Hall–Kier alpha value is -1.09. The van der Waals surface area contributed by atoms with Gasteiger partial charge in [-0.1, -0.05) is 35.3 Å². The molecule has 2 aromatic carbocycles. The summed E-state index contributed by atoms with van der Waals surface area (Å²) in [6.07, 6.45) is 0. The lowest BCUT2D eigenvalue weighted by atomic mass is 9.96. The summed E-state index contributed by atoms with van der Waals surface area (Å²) in [6, 6.07) is 7.61. The van der Waals surface area contributed by atoms with Crippen molar-refractivity contribution in [1.82, 2.24) is 0 Å². The maximum Gasteiger partial charge on any atom is 0.129 e. The molecule has 0 heterocycles. The van der Waals surface area contributed by atoms with Crippen LogP contribution in [0.1, 0.15) is 28.3 Å². The summed E-state index contributed by atoms with van der Waals surface area (Å²) in [4.78, 5) is 0. The molecule has 2 rings (SSSR count). The molecule has 0 aromatic heterocycles. The second-order valence-electron chi connectivity index (χ2n) is 4.60. The molecule has 0 saturated carbocycles. The second-order valence-corrected chi connectivity index (χ2v) is 5.45. The third kappa shape index (κ3) is 2.92. The van der Waals surface area contributed by atoms with Gasteiger partial charge in [-0.15, -0.1) is 0 Å². The molecule has 0 spiro atoms. The monoisotopic (exact) mass is 297 g/mol. The third-order valence-corrected chi connectivity index (χ3v) is 3.81. The molecule has 0 fully saturated rings. The maximum absolute atomic E-state index is 13.9. The SMILES string of the molecule is Cc1cc(Cl)c(C(N)c2ccc(Cl)cc2F)cc1C. The van der Waals surface area contributed by atoms with Gasteiger partial charge in [-0.3, -0.25) is 0 Å². The lowest BCUT2D eigenvalue weighted by Crippen LogP contribution is -2.14. The Balaban J connectivity index is 2.49. The predicted octanol–water partition coefficient (Wildman–Crippen LogP) is 4.80. The molecule has 4 heteroatoms. The first-order valence-electron chi connectivity index (χ1n) is 5.87. The summed E-state index contributed by atoms with van der Waals surface area (Å²) in [6.45, 7) is 3.94. The number of nitrogens with two attached hydrogens (primary N) is 1. The summed E-state index contributed by atoms with van der Waals surface area (Å²) in [5.41, 5.74) is 9.37. The van der Waals surface area contributed by atoms with Crippen LogP contribution in [0.3, 0.4) is 0 Å². The van der Waals surface area contributed by atoms with E-state index in [2.05, 4.69) is 0 Å². The molecule has 0 bridgehead atoms. The van der Waals surface area contributed by atoms with E-state index in [1.165, 1.54) is 6.07 Å². The topological polar surface area (TPSA) is 26.0 Å². The van der Waals surface area contributed by atoms with Gasteiger partial charge in [-0.2, -0.15) is 0 Å². The van der Waals surface area contributed by atoms with Crippen molar-refractivity contribution in [3.63, 3.8) is 0 Å². The molecular formula is C15H14Cl2FN. The molecule has 19 heavy (non-hydrogen) atoms. The summed E-state index contributed by atoms with van der Waals surface area (Å²) in [5, 5.41) is 0.893. The van der Waals surface area contributed by atoms with E-state index in [4.69, 9.17) is 28.9 Å². The minimum absolute atomic E-state index is 0.347. The van der Waals surface area contributed by atoms with E-state index in [1.54, 1.807) is 12.1 Å². The third-order valence-electron chi connectivity index (χ3n) is 3.25. The van der Waals surface area contributed by atoms with Crippen LogP contribution in [-0.2, 0) is 0 Å². The van der Waals surface area contributed by atoms with Gasteiger partial charge in [0.05, 0.1) is 6.04 Å². The lowest BCUT2D eigenvalue weighted by molar-refractivity contribution is 0.600. The first-order valence-corrected chi connectivity index (χ1v) is 6.63. The van der Waals surface area contributed by atoms with Crippen LogP contribution in [0.25, 0.3) is 0 Å². The molecule has 1 atom stereocenters. The molecule has 0 aliphatic rings. The second kappa shape index (κ2) is 5.49. The smallest absolute Gasteiger partial charge is 0.129 e. The molecular weight excluding hydrogens is 284 g/mol. The standard InChI is InChI=1S/C15H14Cl2FN/c1-8-5-12(13(17)6-9(8)2)15(19)11-4-3-10(16)7-14(11)18/h3-7,15H,19H2,1-2H3. The van der Waals surface area contributed by atoms with Crippen molar-refractivity contribution in [3.8, 4) is 0 Å². The number of benzene rings is 2. The molecule has 0 aliphatic heterocycles. The zero-order valence-corrected chi connectivity index (χ0v) is 12.2. The van der Waals surface area contributed by atoms with Gasteiger partial charge in [0, 0.05) is 15.6 Å². The largest absolute Gasteiger partial charge is 0.320 e. The van der Waals surface area contributed by atoms with E-state index >= 15 is 0 Å². The van der Waals surface area contributed by atoms with Gasteiger partial charge in [0.1, 0.15) is 5.82 Å². The van der Waals surface area contributed by atoms with E-state index in [1.807, 2.05) is 26.0 Å². The summed E-state index contributed by atoms with van der Waals surface area (Å²) in [7, 11) is 0. The van der Waals surface area contributed by atoms with Crippen LogP contribution in [0.5, 0.6) is 0 Å². The minimum atomic E-state index is -0.607. The number of aryl methyl sites for hydroxylation is 2. The normalized spacial score (nSPS) is 12.5. The Kier molecular flexibility index (Phi) is 4.14. The fourth-order valence-corrected chi connectivity index (χ4v) is 2.46. The number of halogens is 3. The maximum atomic E-state index is 13.9. The van der Waals surface area contributed by atoms with Gasteiger partial charge >= 0.3 is 0 Å². The Morgan fingerprint density at radius 1 is 1.00 bits per heavy atom. The van der Waals surface area contributed by atoms with E-state index in [9.17, 15) is 4.39 Å². The van der Waals surface area contributed by atoms with Gasteiger partial charge in [0.15, 0.2) is 0 Å². The van der Waals surface area contributed by atoms with Gasteiger partial charge in [0.2, 0.25) is 0 Å². The zero-order valence-electron chi connectivity index (χ0n) is 10.7. The highest BCUT2D eigenvalue weighted by Gasteiger charge is 2.17. The Bertz CT molecular complexity index is 626. The van der Waals surface area contributed by atoms with Crippen LogP contribution >= 0.6 is 23.2 Å². The quantitative estimate of drug-likeness (QED) is 0.847. The van der Waals surface area contributed by atoms with Crippen LogP contribution in [0.4, 0.5) is 4.39 Å². The van der Waals surface area contributed by atoms with Crippen LogP contribution in [0.15, 0.2) is 30.3 Å². The number of rotatable bonds is 2. The lowest BCUT2D eigenvalue weighted by Gasteiger charge is -2.17. The Labute approximate surface area is 122 Å².